The Morgan fingerprint density at radius 1 is 1.11 bits per heavy atom. The second kappa shape index (κ2) is 7.16. The third-order valence-corrected chi connectivity index (χ3v) is 3.82. The molecule has 0 radical (unpaired) electrons. The maximum Gasteiger partial charge on any atom is 0.321 e. The highest BCUT2D eigenvalue weighted by Crippen LogP contribution is 2.26. The lowest BCUT2D eigenvalue weighted by molar-refractivity contribution is 0.252. The average Bonchev–Trinajstić information content (AvgIpc) is 3.11. The van der Waals surface area contributed by atoms with Crippen molar-refractivity contribution in [2.45, 2.75) is 6.92 Å². The first-order chi connectivity index (χ1) is 13.2. The van der Waals surface area contributed by atoms with Gasteiger partial charge in [-0.1, -0.05) is 6.07 Å². The lowest BCUT2D eigenvalue weighted by atomic mass is 10.1. The zero-order chi connectivity index (χ0) is 18.6. The van der Waals surface area contributed by atoms with E-state index in [0.29, 0.717) is 23.6 Å². The van der Waals surface area contributed by atoms with E-state index in [0.717, 1.165) is 11.1 Å². The van der Waals surface area contributed by atoms with Crippen molar-refractivity contribution < 1.29 is 4.79 Å². The lowest BCUT2D eigenvalue weighted by Gasteiger charge is -2.07. The van der Waals surface area contributed by atoms with Crippen LogP contribution in [0.4, 0.5) is 10.7 Å². The van der Waals surface area contributed by atoms with Gasteiger partial charge in [0.25, 0.3) is 5.95 Å². The first kappa shape index (κ1) is 16.6. The summed E-state index contributed by atoms with van der Waals surface area (Å²) in [6, 6.07) is 7.30. The van der Waals surface area contributed by atoms with Gasteiger partial charge < -0.3 is 5.32 Å². The summed E-state index contributed by atoms with van der Waals surface area (Å²) in [6.07, 6.45) is 8.37. The molecule has 9 heteroatoms. The van der Waals surface area contributed by atoms with Gasteiger partial charge in [-0.15, -0.1) is 5.10 Å². The molecule has 0 fully saturated rings. The van der Waals surface area contributed by atoms with Crippen molar-refractivity contribution in [2.24, 2.45) is 0 Å². The van der Waals surface area contributed by atoms with Gasteiger partial charge in [0.15, 0.2) is 5.65 Å². The van der Waals surface area contributed by atoms with Crippen LogP contribution in [0.1, 0.15) is 6.92 Å². The molecule has 2 amide bonds. The summed E-state index contributed by atoms with van der Waals surface area (Å²) < 4.78 is 1.63. The minimum atomic E-state index is -0.359. The van der Waals surface area contributed by atoms with Gasteiger partial charge in [0, 0.05) is 36.9 Å². The summed E-state index contributed by atoms with van der Waals surface area (Å²) in [6.45, 7) is 2.35. The summed E-state index contributed by atoms with van der Waals surface area (Å²) in [7, 11) is 0. The van der Waals surface area contributed by atoms with Crippen LogP contribution in [-0.2, 0) is 0 Å². The fourth-order valence-electron chi connectivity index (χ4n) is 2.66. The molecule has 4 aromatic heterocycles. The summed E-state index contributed by atoms with van der Waals surface area (Å²) in [4.78, 5) is 28.9. The molecule has 0 saturated carbocycles. The number of nitrogens with zero attached hydrogens (tertiary/aromatic N) is 6. The highest BCUT2D eigenvalue weighted by atomic mass is 16.2. The van der Waals surface area contributed by atoms with Crippen LogP contribution < -0.4 is 10.6 Å². The van der Waals surface area contributed by atoms with Gasteiger partial charge in [-0.05, 0) is 30.7 Å². The summed E-state index contributed by atoms with van der Waals surface area (Å²) >= 11 is 0. The fraction of sp³-hybridized carbons (Fsp3) is 0.111. The molecule has 9 nitrogen and oxygen atoms in total. The predicted molar refractivity (Wildman–Crippen MR) is 99.9 cm³/mol. The van der Waals surface area contributed by atoms with E-state index in [4.69, 9.17) is 0 Å². The van der Waals surface area contributed by atoms with Crippen LogP contribution in [0.5, 0.6) is 0 Å². The van der Waals surface area contributed by atoms with Crippen molar-refractivity contribution >= 4 is 17.6 Å². The Morgan fingerprint density at radius 2 is 2.00 bits per heavy atom. The van der Waals surface area contributed by atoms with E-state index in [9.17, 15) is 4.79 Å². The van der Waals surface area contributed by atoms with E-state index in [-0.39, 0.29) is 12.0 Å². The predicted octanol–water partition coefficient (Wildman–Crippen LogP) is 2.39. The molecular formula is C18H16N8O. The maximum absolute atomic E-state index is 11.8. The van der Waals surface area contributed by atoms with Gasteiger partial charge in [0.1, 0.15) is 5.69 Å². The first-order valence-corrected chi connectivity index (χ1v) is 8.37. The molecule has 4 rings (SSSR count). The highest BCUT2D eigenvalue weighted by molar-refractivity contribution is 5.87. The number of aromatic nitrogens is 6. The standard InChI is InChI=1S/C18H16N8O/c1-2-21-18(27)24-17-23-16-9-13(12-4-3-5-19-10-12)8-15(26(16)25-17)14-11-20-6-7-22-14/h3-11H,2H2,1H3,(H2,21,24,25,27). The van der Waals surface area contributed by atoms with E-state index >= 15 is 0 Å². The number of hydrogen-bond acceptors (Lipinski definition) is 6. The van der Waals surface area contributed by atoms with E-state index in [1.807, 2.05) is 31.2 Å². The van der Waals surface area contributed by atoms with E-state index in [1.54, 1.807) is 35.5 Å². The molecule has 0 aromatic carbocycles. The van der Waals surface area contributed by atoms with Crippen LogP contribution in [0.2, 0.25) is 0 Å². The van der Waals surface area contributed by atoms with Crippen molar-refractivity contribution in [3.8, 4) is 22.5 Å². The SMILES string of the molecule is CCNC(=O)Nc1nc2cc(-c3cccnc3)cc(-c3cnccn3)n2n1. The van der Waals surface area contributed by atoms with Gasteiger partial charge in [0.05, 0.1) is 11.9 Å². The Labute approximate surface area is 154 Å². The van der Waals surface area contributed by atoms with Crippen LogP contribution in [0.25, 0.3) is 28.2 Å². The minimum absolute atomic E-state index is 0.203. The molecule has 0 aliphatic carbocycles. The summed E-state index contributed by atoms with van der Waals surface area (Å²) in [5.74, 6) is 0.203. The normalized spacial score (nSPS) is 10.7. The van der Waals surface area contributed by atoms with Crippen LogP contribution in [0.3, 0.4) is 0 Å². The highest BCUT2D eigenvalue weighted by Gasteiger charge is 2.14. The molecule has 0 bridgehead atoms. The number of rotatable bonds is 4. The maximum atomic E-state index is 11.8. The zero-order valence-electron chi connectivity index (χ0n) is 14.5. The minimum Gasteiger partial charge on any atom is -0.338 e. The average molecular weight is 360 g/mol. The van der Waals surface area contributed by atoms with Crippen LogP contribution in [-0.4, -0.2) is 42.1 Å². The molecule has 2 N–H and O–H groups in total. The molecule has 134 valence electrons. The molecule has 0 unspecified atom stereocenters. The summed E-state index contributed by atoms with van der Waals surface area (Å²) in [5, 5.41) is 9.68. The van der Waals surface area contributed by atoms with Crippen LogP contribution in [0.15, 0.2) is 55.2 Å². The zero-order valence-corrected chi connectivity index (χ0v) is 14.5. The van der Waals surface area contributed by atoms with Crippen molar-refractivity contribution in [1.82, 2.24) is 34.9 Å². The van der Waals surface area contributed by atoms with Crippen molar-refractivity contribution in [1.29, 1.82) is 0 Å². The quantitative estimate of drug-likeness (QED) is 0.578. The van der Waals surface area contributed by atoms with E-state index in [2.05, 4.69) is 35.7 Å². The Kier molecular flexibility index (Phi) is 4.40. The molecular weight excluding hydrogens is 344 g/mol. The molecule has 0 atom stereocenters. The fourth-order valence-corrected chi connectivity index (χ4v) is 2.66. The van der Waals surface area contributed by atoms with Crippen LogP contribution in [0, 0.1) is 0 Å². The van der Waals surface area contributed by atoms with Crippen LogP contribution >= 0.6 is 0 Å². The molecule has 27 heavy (non-hydrogen) atoms. The number of anilines is 1. The number of carbonyl (C=O) groups is 1. The van der Waals surface area contributed by atoms with Crippen molar-refractivity contribution in [3.05, 3.63) is 55.2 Å². The smallest absolute Gasteiger partial charge is 0.321 e. The Morgan fingerprint density at radius 3 is 2.74 bits per heavy atom. The number of hydrogen-bond donors (Lipinski definition) is 2. The second-order valence-corrected chi connectivity index (χ2v) is 5.65. The Balaban J connectivity index is 1.86. The molecule has 4 heterocycles. The summed E-state index contributed by atoms with van der Waals surface area (Å²) in [5.41, 5.74) is 3.77. The van der Waals surface area contributed by atoms with Gasteiger partial charge in [-0.25, -0.2) is 9.31 Å². The third-order valence-electron chi connectivity index (χ3n) is 3.82. The van der Waals surface area contributed by atoms with Gasteiger partial charge >= 0.3 is 6.03 Å². The number of fused-ring (bicyclic) bond motifs is 1. The monoisotopic (exact) mass is 360 g/mol. The third kappa shape index (κ3) is 3.43. The topological polar surface area (TPSA) is 110 Å². The Hall–Kier alpha value is -3.88. The molecule has 0 aliphatic heterocycles. The van der Waals surface area contributed by atoms with Gasteiger partial charge in [-0.2, -0.15) is 4.98 Å². The first-order valence-electron chi connectivity index (χ1n) is 8.37. The van der Waals surface area contributed by atoms with E-state index < -0.39 is 0 Å². The van der Waals surface area contributed by atoms with Gasteiger partial charge in [-0.3, -0.25) is 20.3 Å². The van der Waals surface area contributed by atoms with E-state index in [1.165, 1.54) is 0 Å². The molecule has 0 spiro atoms. The number of pyridine rings is 2. The van der Waals surface area contributed by atoms with Crippen molar-refractivity contribution in [2.75, 3.05) is 11.9 Å². The molecule has 4 aromatic rings. The number of urea groups is 1. The number of carbonyl (C=O) groups excluding carboxylic acids is 1. The molecule has 0 aliphatic rings. The lowest BCUT2D eigenvalue weighted by Crippen LogP contribution is -2.28. The molecule has 0 saturated heterocycles. The largest absolute Gasteiger partial charge is 0.338 e. The Bertz CT molecular complexity index is 1080. The van der Waals surface area contributed by atoms with Crippen molar-refractivity contribution in [3.63, 3.8) is 0 Å². The second-order valence-electron chi connectivity index (χ2n) is 5.65. The van der Waals surface area contributed by atoms with Gasteiger partial charge in [0.2, 0.25) is 0 Å². The number of amides is 2. The number of nitrogens with one attached hydrogen (secondary N) is 2.